The van der Waals surface area contributed by atoms with Crippen molar-refractivity contribution < 1.29 is 18.0 Å². The average molecular weight is 534 g/mol. The van der Waals surface area contributed by atoms with Gasteiger partial charge in [0.05, 0.1) is 10.6 Å². The Balaban J connectivity index is 2.01. The maximum Gasteiger partial charge on any atom is 0.264 e. The van der Waals surface area contributed by atoms with Gasteiger partial charge in [0.15, 0.2) is 0 Å². The van der Waals surface area contributed by atoms with Crippen molar-refractivity contribution in [1.82, 2.24) is 10.2 Å². The van der Waals surface area contributed by atoms with Crippen LogP contribution in [-0.2, 0) is 26.2 Å². The lowest BCUT2D eigenvalue weighted by atomic mass is 10.1. The summed E-state index contributed by atoms with van der Waals surface area (Å²) >= 11 is 12.2. The molecule has 0 aromatic heterocycles. The molecule has 3 aromatic carbocycles. The Morgan fingerprint density at radius 2 is 1.51 bits per heavy atom. The molecule has 10 heteroatoms. The number of nitrogens with one attached hydrogen (secondary N) is 1. The van der Waals surface area contributed by atoms with Gasteiger partial charge in [0, 0.05) is 23.6 Å². The molecule has 7 nitrogen and oxygen atoms in total. The highest BCUT2D eigenvalue weighted by Crippen LogP contribution is 2.26. The highest BCUT2D eigenvalue weighted by Gasteiger charge is 2.32. The topological polar surface area (TPSA) is 86.8 Å². The second-order valence-corrected chi connectivity index (χ2v) is 10.4. The fraction of sp³-hybridized carbons (Fsp3) is 0.200. The van der Waals surface area contributed by atoms with Crippen LogP contribution in [0.4, 0.5) is 5.69 Å². The molecule has 1 N–H and O–H groups in total. The summed E-state index contributed by atoms with van der Waals surface area (Å²) in [5.74, 6) is -0.959. The molecule has 0 bridgehead atoms. The Morgan fingerprint density at radius 3 is 2.11 bits per heavy atom. The smallest absolute Gasteiger partial charge is 0.264 e. The van der Waals surface area contributed by atoms with Gasteiger partial charge in [-0.1, -0.05) is 59.6 Å². The van der Waals surface area contributed by atoms with Gasteiger partial charge in [0.2, 0.25) is 11.8 Å². The second kappa shape index (κ2) is 11.6. The van der Waals surface area contributed by atoms with E-state index in [0.717, 1.165) is 4.31 Å². The molecule has 1 atom stereocenters. The van der Waals surface area contributed by atoms with E-state index in [1.54, 1.807) is 61.5 Å². The molecule has 2 amide bonds. The molecule has 3 rings (SSSR count). The molecule has 0 aliphatic rings. The molecule has 0 saturated carbocycles. The van der Waals surface area contributed by atoms with Gasteiger partial charge in [0.25, 0.3) is 10.0 Å². The minimum Gasteiger partial charge on any atom is -0.357 e. The average Bonchev–Trinajstić information content (AvgIpc) is 2.86. The largest absolute Gasteiger partial charge is 0.357 e. The lowest BCUT2D eigenvalue weighted by Gasteiger charge is -2.32. The number of para-hydroxylation sites is 1. The molecule has 0 aliphatic heterocycles. The van der Waals surface area contributed by atoms with Crippen molar-refractivity contribution in [2.75, 3.05) is 17.9 Å². The molecule has 0 fully saturated rings. The lowest BCUT2D eigenvalue weighted by molar-refractivity contribution is -0.139. The van der Waals surface area contributed by atoms with Crippen molar-refractivity contribution in [3.05, 3.63) is 94.5 Å². The molecule has 0 saturated heterocycles. The van der Waals surface area contributed by atoms with Crippen LogP contribution in [0, 0.1) is 0 Å². The quantitative estimate of drug-likeness (QED) is 0.442. The first-order valence-corrected chi connectivity index (χ1v) is 12.9. The van der Waals surface area contributed by atoms with Crippen molar-refractivity contribution in [3.63, 3.8) is 0 Å². The summed E-state index contributed by atoms with van der Waals surface area (Å²) in [6.07, 6.45) is 0. The molecule has 35 heavy (non-hydrogen) atoms. The molecule has 0 spiro atoms. The van der Waals surface area contributed by atoms with Gasteiger partial charge in [-0.15, -0.1) is 0 Å². The number of halogens is 2. The third-order valence-corrected chi connectivity index (χ3v) is 7.85. The number of likely N-dealkylation sites (N-methyl/N-ethyl adjacent to an activating group) is 1. The second-order valence-electron chi connectivity index (χ2n) is 7.70. The van der Waals surface area contributed by atoms with Crippen LogP contribution >= 0.6 is 23.2 Å². The van der Waals surface area contributed by atoms with Crippen LogP contribution in [0.15, 0.2) is 83.8 Å². The van der Waals surface area contributed by atoms with E-state index in [0.29, 0.717) is 21.3 Å². The van der Waals surface area contributed by atoms with E-state index in [1.165, 1.54) is 36.2 Å². The third kappa shape index (κ3) is 6.33. The standard InChI is InChI=1S/C25H25Cl2N3O4S/c1-18(25(32)28-2)29(16-19-8-6-7-11-23(19)27)24(31)17-30(21-9-4-3-5-10-21)35(33,34)22-14-12-20(26)13-15-22/h3-15,18H,16-17H2,1-2H3,(H,28,32)/t18-/m0/s1. The summed E-state index contributed by atoms with van der Waals surface area (Å²) in [6.45, 7) is 1.08. The monoisotopic (exact) mass is 533 g/mol. The number of rotatable bonds is 9. The Kier molecular flexibility index (Phi) is 8.77. The summed E-state index contributed by atoms with van der Waals surface area (Å²) in [5.41, 5.74) is 0.936. The number of hydrogen-bond acceptors (Lipinski definition) is 4. The minimum atomic E-state index is -4.13. The van der Waals surface area contributed by atoms with Crippen LogP contribution in [0.25, 0.3) is 0 Å². The summed E-state index contributed by atoms with van der Waals surface area (Å²) < 4.78 is 28.2. The number of amides is 2. The molecule has 3 aromatic rings. The number of benzene rings is 3. The zero-order chi connectivity index (χ0) is 25.6. The first-order valence-electron chi connectivity index (χ1n) is 10.7. The van der Waals surface area contributed by atoms with Crippen LogP contribution in [-0.4, -0.2) is 44.8 Å². The number of anilines is 1. The van der Waals surface area contributed by atoms with Gasteiger partial charge < -0.3 is 10.2 Å². The van der Waals surface area contributed by atoms with Gasteiger partial charge in [-0.3, -0.25) is 13.9 Å². The van der Waals surface area contributed by atoms with Crippen LogP contribution in [0.3, 0.4) is 0 Å². The van der Waals surface area contributed by atoms with E-state index < -0.39 is 34.4 Å². The molecule has 0 radical (unpaired) electrons. The van der Waals surface area contributed by atoms with Gasteiger partial charge in [-0.2, -0.15) is 0 Å². The Hall–Kier alpha value is -3.07. The summed E-state index contributed by atoms with van der Waals surface area (Å²) in [4.78, 5) is 27.4. The van der Waals surface area contributed by atoms with E-state index in [4.69, 9.17) is 23.2 Å². The normalized spacial score (nSPS) is 12.0. The zero-order valence-corrected chi connectivity index (χ0v) is 21.5. The van der Waals surface area contributed by atoms with Gasteiger partial charge in [-0.25, -0.2) is 8.42 Å². The highest BCUT2D eigenvalue weighted by atomic mass is 35.5. The fourth-order valence-corrected chi connectivity index (χ4v) is 5.19. The van der Waals surface area contributed by atoms with Crippen molar-refractivity contribution in [1.29, 1.82) is 0 Å². The Bertz CT molecular complexity index is 1290. The number of carbonyl (C=O) groups is 2. The van der Waals surface area contributed by atoms with Crippen molar-refractivity contribution >= 4 is 50.7 Å². The minimum absolute atomic E-state index is 0.0180. The third-order valence-electron chi connectivity index (χ3n) is 5.44. The molecule has 0 heterocycles. The molecule has 184 valence electrons. The SMILES string of the molecule is CNC(=O)[C@H](C)N(Cc1ccccc1Cl)C(=O)CN(c1ccccc1)S(=O)(=O)c1ccc(Cl)cc1. The summed E-state index contributed by atoms with van der Waals surface area (Å²) in [5, 5.41) is 3.36. The van der Waals surface area contributed by atoms with Crippen LogP contribution in [0.5, 0.6) is 0 Å². The van der Waals surface area contributed by atoms with Gasteiger partial charge in [0.1, 0.15) is 12.6 Å². The van der Waals surface area contributed by atoms with Gasteiger partial charge in [-0.05, 0) is 55.0 Å². The predicted molar refractivity (Wildman–Crippen MR) is 138 cm³/mol. The van der Waals surface area contributed by atoms with Crippen molar-refractivity contribution in [2.45, 2.75) is 24.4 Å². The number of nitrogens with zero attached hydrogens (tertiary/aromatic N) is 2. The maximum absolute atomic E-state index is 13.6. The van der Waals surface area contributed by atoms with E-state index >= 15 is 0 Å². The number of carbonyl (C=O) groups excluding carboxylic acids is 2. The van der Waals surface area contributed by atoms with Crippen LogP contribution < -0.4 is 9.62 Å². The zero-order valence-electron chi connectivity index (χ0n) is 19.2. The molecular formula is C25H25Cl2N3O4S. The number of sulfonamides is 1. The van der Waals surface area contributed by atoms with E-state index in [9.17, 15) is 18.0 Å². The fourth-order valence-electron chi connectivity index (χ4n) is 3.46. The van der Waals surface area contributed by atoms with E-state index in [-0.39, 0.29) is 11.4 Å². The maximum atomic E-state index is 13.6. The lowest BCUT2D eigenvalue weighted by Crippen LogP contribution is -2.50. The summed E-state index contributed by atoms with van der Waals surface area (Å²) in [7, 11) is -2.66. The van der Waals surface area contributed by atoms with Crippen LogP contribution in [0.1, 0.15) is 12.5 Å². The van der Waals surface area contributed by atoms with Crippen LogP contribution in [0.2, 0.25) is 10.0 Å². The highest BCUT2D eigenvalue weighted by molar-refractivity contribution is 7.92. The van der Waals surface area contributed by atoms with Crippen molar-refractivity contribution in [2.24, 2.45) is 0 Å². The van der Waals surface area contributed by atoms with E-state index in [2.05, 4.69) is 5.32 Å². The molecule has 0 unspecified atom stereocenters. The Morgan fingerprint density at radius 1 is 0.914 bits per heavy atom. The first kappa shape index (κ1) is 26.5. The predicted octanol–water partition coefficient (Wildman–Crippen LogP) is 4.35. The first-order chi connectivity index (χ1) is 16.6. The number of hydrogen-bond donors (Lipinski definition) is 1. The Labute approximate surface area is 215 Å². The molecule has 0 aliphatic carbocycles. The molecular weight excluding hydrogens is 509 g/mol. The van der Waals surface area contributed by atoms with E-state index in [1.807, 2.05) is 0 Å². The van der Waals surface area contributed by atoms with Crippen molar-refractivity contribution in [3.8, 4) is 0 Å². The summed E-state index contributed by atoms with van der Waals surface area (Å²) in [6, 6.07) is 20.1. The van der Waals surface area contributed by atoms with Gasteiger partial charge >= 0.3 is 0 Å².